The zero-order chi connectivity index (χ0) is 15.5. The maximum absolute atomic E-state index is 12.3. The molecule has 5 nitrogen and oxygen atoms in total. The lowest BCUT2D eigenvalue weighted by molar-refractivity contribution is 0.0942. The van der Waals surface area contributed by atoms with Gasteiger partial charge in [0.2, 0.25) is 0 Å². The summed E-state index contributed by atoms with van der Waals surface area (Å²) in [6.45, 7) is 6.53. The van der Waals surface area contributed by atoms with Crippen LogP contribution in [0.15, 0.2) is 36.5 Å². The number of nitrogens with zero attached hydrogens (tertiary/aromatic N) is 3. The number of nitrogens with one attached hydrogen (secondary N) is 1. The summed E-state index contributed by atoms with van der Waals surface area (Å²) in [5.41, 5.74) is 3.31. The van der Waals surface area contributed by atoms with Gasteiger partial charge in [-0.05, 0) is 38.0 Å². The van der Waals surface area contributed by atoms with Crippen molar-refractivity contribution in [1.29, 1.82) is 0 Å². The number of amides is 1. The molecule has 0 spiro atoms. The molecule has 0 bridgehead atoms. The predicted octanol–water partition coefficient (Wildman–Crippen LogP) is 2.26. The Labute approximate surface area is 130 Å². The van der Waals surface area contributed by atoms with E-state index < -0.39 is 0 Å². The second kappa shape index (κ2) is 6.22. The van der Waals surface area contributed by atoms with Crippen molar-refractivity contribution in [2.24, 2.45) is 0 Å². The van der Waals surface area contributed by atoms with Crippen LogP contribution in [-0.4, -0.2) is 35.3 Å². The van der Waals surface area contributed by atoms with Crippen molar-refractivity contribution >= 4 is 11.6 Å². The predicted molar refractivity (Wildman–Crippen MR) is 87.3 cm³/mol. The van der Waals surface area contributed by atoms with Crippen LogP contribution in [-0.2, 0) is 6.42 Å². The molecular weight excluding hydrogens is 276 g/mol. The lowest BCUT2D eigenvalue weighted by Crippen LogP contribution is -2.35. The average Bonchev–Trinajstić information content (AvgIpc) is 3.14. The number of carbonyl (C=O) groups is 1. The number of fused-ring (bicyclic) bond motifs is 1. The van der Waals surface area contributed by atoms with Gasteiger partial charge in [-0.25, -0.2) is 0 Å². The van der Waals surface area contributed by atoms with Crippen molar-refractivity contribution in [2.45, 2.75) is 26.3 Å². The zero-order valence-electron chi connectivity index (χ0n) is 13.1. The first-order chi connectivity index (χ1) is 10.7. The van der Waals surface area contributed by atoms with Gasteiger partial charge in [0.05, 0.1) is 0 Å². The van der Waals surface area contributed by atoms with E-state index in [1.807, 2.05) is 13.8 Å². The normalized spacial score (nSPS) is 13.5. The molecule has 5 heteroatoms. The lowest BCUT2D eigenvalue weighted by atomic mass is 10.2. The van der Waals surface area contributed by atoms with E-state index in [0.717, 1.165) is 19.5 Å². The molecule has 22 heavy (non-hydrogen) atoms. The van der Waals surface area contributed by atoms with Gasteiger partial charge in [-0.2, -0.15) is 5.10 Å². The van der Waals surface area contributed by atoms with Crippen LogP contribution in [0.5, 0.6) is 0 Å². The number of anilines is 1. The molecule has 0 atom stereocenters. The summed E-state index contributed by atoms with van der Waals surface area (Å²) in [5, 5.41) is 7.19. The van der Waals surface area contributed by atoms with E-state index in [1.54, 1.807) is 16.9 Å². The summed E-state index contributed by atoms with van der Waals surface area (Å²) in [5.74, 6) is -0.0568. The summed E-state index contributed by atoms with van der Waals surface area (Å²) in [4.78, 5) is 14.6. The Morgan fingerprint density at radius 2 is 2.14 bits per heavy atom. The van der Waals surface area contributed by atoms with Crippen molar-refractivity contribution in [2.75, 3.05) is 24.5 Å². The number of rotatable bonds is 5. The second-order valence-corrected chi connectivity index (χ2v) is 5.88. The third-order valence-electron chi connectivity index (χ3n) is 4.04. The average molecular weight is 298 g/mol. The van der Waals surface area contributed by atoms with Gasteiger partial charge in [-0.3, -0.25) is 9.48 Å². The molecule has 1 aromatic carbocycles. The number of carbonyl (C=O) groups excluding carboxylic acids is 1. The van der Waals surface area contributed by atoms with Crippen LogP contribution in [0.3, 0.4) is 0 Å². The molecule has 0 unspecified atom stereocenters. The van der Waals surface area contributed by atoms with Crippen LogP contribution in [0.2, 0.25) is 0 Å². The van der Waals surface area contributed by atoms with E-state index in [-0.39, 0.29) is 11.9 Å². The molecule has 0 saturated carbocycles. The molecule has 3 rings (SSSR count). The molecule has 0 fully saturated rings. The Balaban J connectivity index is 1.56. The molecule has 0 aliphatic carbocycles. The van der Waals surface area contributed by atoms with Crippen LogP contribution < -0.4 is 10.2 Å². The molecule has 1 aliphatic heterocycles. The van der Waals surface area contributed by atoms with Crippen LogP contribution in [0.1, 0.15) is 35.9 Å². The van der Waals surface area contributed by atoms with E-state index in [0.29, 0.717) is 12.2 Å². The molecule has 0 saturated heterocycles. The highest BCUT2D eigenvalue weighted by atomic mass is 16.2. The van der Waals surface area contributed by atoms with Gasteiger partial charge in [0.15, 0.2) is 0 Å². The molecule has 2 heterocycles. The quantitative estimate of drug-likeness (QED) is 0.921. The zero-order valence-corrected chi connectivity index (χ0v) is 13.1. The van der Waals surface area contributed by atoms with E-state index in [9.17, 15) is 4.79 Å². The summed E-state index contributed by atoms with van der Waals surface area (Å²) in [6.07, 6.45) is 2.76. The highest BCUT2D eigenvalue weighted by Gasteiger charge is 2.18. The van der Waals surface area contributed by atoms with Gasteiger partial charge in [-0.1, -0.05) is 18.2 Å². The van der Waals surface area contributed by atoms with Gasteiger partial charge in [0.1, 0.15) is 5.69 Å². The SMILES string of the molecule is CC(C)n1nccc1C(=O)NCCN1CCc2ccccc21. The van der Waals surface area contributed by atoms with E-state index >= 15 is 0 Å². The molecule has 2 aromatic rings. The minimum absolute atomic E-state index is 0.0568. The van der Waals surface area contributed by atoms with E-state index in [4.69, 9.17) is 0 Å². The third-order valence-corrected chi connectivity index (χ3v) is 4.04. The van der Waals surface area contributed by atoms with E-state index in [1.165, 1.54) is 11.3 Å². The van der Waals surface area contributed by atoms with Crippen LogP contribution in [0.4, 0.5) is 5.69 Å². The first-order valence-corrected chi connectivity index (χ1v) is 7.81. The van der Waals surface area contributed by atoms with E-state index in [2.05, 4.69) is 39.6 Å². The number of benzene rings is 1. The highest BCUT2D eigenvalue weighted by molar-refractivity contribution is 5.92. The monoisotopic (exact) mass is 298 g/mol. The number of hydrogen-bond acceptors (Lipinski definition) is 3. The first kappa shape index (κ1) is 14.6. The third kappa shape index (κ3) is 2.84. The fourth-order valence-electron chi connectivity index (χ4n) is 2.94. The van der Waals surface area contributed by atoms with Crippen molar-refractivity contribution in [3.8, 4) is 0 Å². The van der Waals surface area contributed by atoms with Crippen molar-refractivity contribution in [3.63, 3.8) is 0 Å². The van der Waals surface area contributed by atoms with Crippen LogP contribution in [0, 0.1) is 0 Å². The molecule has 1 N–H and O–H groups in total. The minimum atomic E-state index is -0.0568. The summed E-state index contributed by atoms with van der Waals surface area (Å²) in [6, 6.07) is 10.4. The fourth-order valence-corrected chi connectivity index (χ4v) is 2.94. The standard InChI is InChI=1S/C17H22N4O/c1-13(2)21-16(7-9-19-21)17(22)18-10-12-20-11-8-14-5-3-4-6-15(14)20/h3-7,9,13H,8,10-12H2,1-2H3,(H,18,22). The van der Waals surface area contributed by atoms with Crippen molar-refractivity contribution in [3.05, 3.63) is 47.8 Å². The molecular formula is C17H22N4O. The number of hydrogen-bond donors (Lipinski definition) is 1. The summed E-state index contributed by atoms with van der Waals surface area (Å²) >= 11 is 0. The van der Waals surface area contributed by atoms with Gasteiger partial charge in [0, 0.05) is 37.6 Å². The van der Waals surface area contributed by atoms with Crippen molar-refractivity contribution in [1.82, 2.24) is 15.1 Å². The molecule has 1 aromatic heterocycles. The Hall–Kier alpha value is -2.30. The molecule has 1 amide bonds. The topological polar surface area (TPSA) is 50.2 Å². The maximum Gasteiger partial charge on any atom is 0.269 e. The Kier molecular flexibility index (Phi) is 4.13. The summed E-state index contributed by atoms with van der Waals surface area (Å²) in [7, 11) is 0. The fraction of sp³-hybridized carbons (Fsp3) is 0.412. The van der Waals surface area contributed by atoms with Crippen LogP contribution in [0.25, 0.3) is 0 Å². The number of para-hydroxylation sites is 1. The maximum atomic E-state index is 12.3. The molecule has 116 valence electrons. The Bertz CT molecular complexity index is 662. The van der Waals surface area contributed by atoms with Gasteiger partial charge in [0.25, 0.3) is 5.91 Å². The Morgan fingerprint density at radius 1 is 1.32 bits per heavy atom. The second-order valence-electron chi connectivity index (χ2n) is 5.88. The van der Waals surface area contributed by atoms with Gasteiger partial charge in [-0.15, -0.1) is 0 Å². The molecule has 1 aliphatic rings. The van der Waals surface area contributed by atoms with Gasteiger partial charge >= 0.3 is 0 Å². The summed E-state index contributed by atoms with van der Waals surface area (Å²) < 4.78 is 1.75. The first-order valence-electron chi connectivity index (χ1n) is 7.81. The van der Waals surface area contributed by atoms with Crippen LogP contribution >= 0.6 is 0 Å². The lowest BCUT2D eigenvalue weighted by Gasteiger charge is -2.19. The van der Waals surface area contributed by atoms with Gasteiger partial charge < -0.3 is 10.2 Å². The molecule has 0 radical (unpaired) electrons. The Morgan fingerprint density at radius 3 is 2.95 bits per heavy atom. The largest absolute Gasteiger partial charge is 0.369 e. The van der Waals surface area contributed by atoms with Crippen molar-refractivity contribution < 1.29 is 4.79 Å². The smallest absolute Gasteiger partial charge is 0.269 e. The highest BCUT2D eigenvalue weighted by Crippen LogP contribution is 2.26. The minimum Gasteiger partial charge on any atom is -0.369 e. The number of aromatic nitrogens is 2.